The predicted molar refractivity (Wildman–Crippen MR) is 67.5 cm³/mol. The van der Waals surface area contributed by atoms with Crippen LogP contribution in [0.3, 0.4) is 0 Å². The second-order valence-electron chi connectivity index (χ2n) is 5.27. The monoisotopic (exact) mass is 271 g/mol. The van der Waals surface area contributed by atoms with E-state index in [1.54, 1.807) is 44.8 Å². The molecule has 1 unspecified atom stereocenters. The summed E-state index contributed by atoms with van der Waals surface area (Å²) in [6.07, 6.45) is 1.01. The summed E-state index contributed by atoms with van der Waals surface area (Å²) in [6.45, 7) is 4.95. The van der Waals surface area contributed by atoms with Gasteiger partial charge in [-0.05, 0) is 33.3 Å². The third kappa shape index (κ3) is 4.53. The zero-order valence-corrected chi connectivity index (χ0v) is 11.7. The van der Waals surface area contributed by atoms with E-state index in [9.17, 15) is 10.0 Å². The molecule has 0 aliphatic rings. The van der Waals surface area contributed by atoms with Gasteiger partial charge < -0.3 is 9.84 Å². The Labute approximate surface area is 112 Å². The molecule has 1 heterocycles. The summed E-state index contributed by atoms with van der Waals surface area (Å²) in [7, 11) is 1.73. The minimum Gasteiger partial charge on any atom is -0.442 e. The minimum absolute atomic E-state index is 0.173. The summed E-state index contributed by atoms with van der Waals surface area (Å²) < 4.78 is 6.63. The summed E-state index contributed by atoms with van der Waals surface area (Å²) in [5.74, 6) is 0. The maximum Gasteiger partial charge on any atom is 0.434 e. The van der Waals surface area contributed by atoms with Crippen LogP contribution < -0.4 is 0 Å². The number of aromatic nitrogens is 2. The van der Waals surface area contributed by atoms with Crippen molar-refractivity contribution in [3.05, 3.63) is 18.0 Å². The van der Waals surface area contributed by atoms with Crippen molar-refractivity contribution < 1.29 is 19.8 Å². The Hall–Kier alpha value is -1.60. The first-order chi connectivity index (χ1) is 8.74. The number of hydrogen-bond acceptors (Lipinski definition) is 5. The molecule has 7 nitrogen and oxygen atoms in total. The Kier molecular flexibility index (Phi) is 4.90. The van der Waals surface area contributed by atoms with Gasteiger partial charge in [0.1, 0.15) is 11.6 Å². The maximum atomic E-state index is 11.8. The minimum atomic E-state index is -0.864. The van der Waals surface area contributed by atoms with Gasteiger partial charge in [-0.2, -0.15) is 10.2 Å². The summed E-state index contributed by atoms with van der Waals surface area (Å²) in [5, 5.41) is 23.6. The number of hydroxylamine groups is 2. The van der Waals surface area contributed by atoms with Gasteiger partial charge in [0.2, 0.25) is 0 Å². The molecule has 0 fully saturated rings. The summed E-state index contributed by atoms with van der Waals surface area (Å²) >= 11 is 0. The number of hydrogen-bond donors (Lipinski definition) is 2. The van der Waals surface area contributed by atoms with Gasteiger partial charge in [0.05, 0.1) is 5.69 Å². The van der Waals surface area contributed by atoms with Crippen LogP contribution in [0.4, 0.5) is 4.79 Å². The molecule has 0 aliphatic carbocycles. The molecule has 0 saturated carbocycles. The molecular weight excluding hydrogens is 250 g/mol. The van der Waals surface area contributed by atoms with Crippen LogP contribution in [0.2, 0.25) is 0 Å². The number of ether oxygens (including phenoxy) is 1. The van der Waals surface area contributed by atoms with E-state index in [0.717, 1.165) is 0 Å². The van der Waals surface area contributed by atoms with Gasteiger partial charge in [0, 0.05) is 19.9 Å². The third-order valence-electron chi connectivity index (χ3n) is 2.35. The number of carbonyl (C=O) groups is 1. The van der Waals surface area contributed by atoms with Gasteiger partial charge in [-0.15, -0.1) is 0 Å². The lowest BCUT2D eigenvalue weighted by atomic mass is 10.1. The van der Waals surface area contributed by atoms with E-state index in [-0.39, 0.29) is 13.0 Å². The fourth-order valence-electron chi connectivity index (χ4n) is 1.56. The Balaban J connectivity index is 2.84. The topological polar surface area (TPSA) is 87.8 Å². The van der Waals surface area contributed by atoms with Crippen LogP contribution in [0.15, 0.2) is 12.3 Å². The summed E-state index contributed by atoms with van der Waals surface area (Å²) in [5.41, 5.74) is -0.212. The highest BCUT2D eigenvalue weighted by molar-refractivity contribution is 5.67. The predicted octanol–water partition coefficient (Wildman–Crippen LogP) is 1.47. The molecule has 0 aromatic carbocycles. The molecule has 1 rings (SSSR count). The average Bonchev–Trinajstić information content (AvgIpc) is 2.69. The highest BCUT2D eigenvalue weighted by Crippen LogP contribution is 2.23. The van der Waals surface area contributed by atoms with Crippen molar-refractivity contribution in [2.24, 2.45) is 7.05 Å². The van der Waals surface area contributed by atoms with Crippen molar-refractivity contribution in [2.75, 3.05) is 6.61 Å². The Morgan fingerprint density at radius 3 is 2.63 bits per heavy atom. The number of aryl methyl sites for hydroxylation is 1. The lowest BCUT2D eigenvalue weighted by Crippen LogP contribution is -2.37. The normalized spacial score (nSPS) is 13.2. The van der Waals surface area contributed by atoms with E-state index in [1.807, 2.05) is 0 Å². The third-order valence-corrected chi connectivity index (χ3v) is 2.35. The van der Waals surface area contributed by atoms with Crippen molar-refractivity contribution in [3.63, 3.8) is 0 Å². The molecule has 19 heavy (non-hydrogen) atoms. The SMILES string of the molecule is Cn1ccc(C(CCO)N(O)C(=O)OC(C)(C)C)n1. The van der Waals surface area contributed by atoms with Gasteiger partial charge in [-0.1, -0.05) is 0 Å². The van der Waals surface area contributed by atoms with Crippen molar-refractivity contribution in [1.29, 1.82) is 0 Å². The van der Waals surface area contributed by atoms with Crippen LogP contribution in [-0.2, 0) is 11.8 Å². The molecule has 0 bridgehead atoms. The van der Waals surface area contributed by atoms with E-state index in [4.69, 9.17) is 9.84 Å². The first kappa shape index (κ1) is 15.5. The fraction of sp³-hybridized carbons (Fsp3) is 0.667. The van der Waals surface area contributed by atoms with Crippen molar-refractivity contribution in [2.45, 2.75) is 38.8 Å². The van der Waals surface area contributed by atoms with Crippen LogP contribution in [0.5, 0.6) is 0 Å². The zero-order valence-electron chi connectivity index (χ0n) is 11.7. The molecule has 0 spiro atoms. The van der Waals surface area contributed by atoms with Gasteiger partial charge in [-0.25, -0.2) is 4.79 Å². The van der Waals surface area contributed by atoms with Crippen molar-refractivity contribution in [3.8, 4) is 0 Å². The molecule has 1 amide bonds. The molecule has 7 heteroatoms. The highest BCUT2D eigenvalue weighted by atomic mass is 16.6. The van der Waals surface area contributed by atoms with Gasteiger partial charge in [0.15, 0.2) is 0 Å². The van der Waals surface area contributed by atoms with Crippen molar-refractivity contribution in [1.82, 2.24) is 14.8 Å². The van der Waals surface area contributed by atoms with E-state index in [1.165, 1.54) is 0 Å². The standard InChI is InChI=1S/C12H21N3O4/c1-12(2,3)19-11(17)15(18)10(6-8-16)9-5-7-14(4)13-9/h5,7,10,16,18H,6,8H2,1-4H3. The summed E-state index contributed by atoms with van der Waals surface area (Å²) in [6, 6.07) is 0.939. The number of aliphatic hydroxyl groups is 1. The molecule has 1 aromatic rings. The molecule has 108 valence electrons. The average molecular weight is 271 g/mol. The van der Waals surface area contributed by atoms with E-state index >= 15 is 0 Å². The second-order valence-corrected chi connectivity index (χ2v) is 5.27. The lowest BCUT2D eigenvalue weighted by Gasteiger charge is -2.27. The van der Waals surface area contributed by atoms with E-state index in [0.29, 0.717) is 10.8 Å². The Bertz CT molecular complexity index is 425. The van der Waals surface area contributed by atoms with Gasteiger partial charge >= 0.3 is 6.09 Å². The first-order valence-corrected chi connectivity index (χ1v) is 6.06. The summed E-state index contributed by atoms with van der Waals surface area (Å²) in [4.78, 5) is 11.8. The van der Waals surface area contributed by atoms with Crippen LogP contribution in [0.25, 0.3) is 0 Å². The van der Waals surface area contributed by atoms with Crippen LogP contribution in [-0.4, -0.2) is 43.5 Å². The number of carbonyl (C=O) groups excluding carboxylic acids is 1. The van der Waals surface area contributed by atoms with E-state index in [2.05, 4.69) is 5.10 Å². The zero-order chi connectivity index (χ0) is 14.6. The van der Waals surface area contributed by atoms with Gasteiger partial charge in [0.25, 0.3) is 0 Å². The van der Waals surface area contributed by atoms with E-state index < -0.39 is 17.7 Å². The molecule has 0 saturated heterocycles. The second kappa shape index (κ2) is 6.03. The largest absolute Gasteiger partial charge is 0.442 e. The maximum absolute atomic E-state index is 11.8. The fourth-order valence-corrected chi connectivity index (χ4v) is 1.56. The molecule has 0 radical (unpaired) electrons. The number of rotatable bonds is 4. The Morgan fingerprint density at radius 1 is 1.58 bits per heavy atom. The van der Waals surface area contributed by atoms with Crippen LogP contribution in [0.1, 0.15) is 38.9 Å². The van der Waals surface area contributed by atoms with Crippen LogP contribution in [0, 0.1) is 0 Å². The molecule has 0 aliphatic heterocycles. The smallest absolute Gasteiger partial charge is 0.434 e. The lowest BCUT2D eigenvalue weighted by molar-refractivity contribution is -0.126. The first-order valence-electron chi connectivity index (χ1n) is 6.06. The number of aliphatic hydroxyl groups excluding tert-OH is 1. The Morgan fingerprint density at radius 2 is 2.21 bits per heavy atom. The van der Waals surface area contributed by atoms with Crippen LogP contribution >= 0.6 is 0 Å². The highest BCUT2D eigenvalue weighted by Gasteiger charge is 2.29. The van der Waals surface area contributed by atoms with Crippen molar-refractivity contribution >= 4 is 6.09 Å². The van der Waals surface area contributed by atoms with Gasteiger partial charge in [-0.3, -0.25) is 9.89 Å². The molecule has 2 N–H and O–H groups in total. The molecule has 1 atom stereocenters. The molecule has 1 aromatic heterocycles. The number of amides is 1. The molecular formula is C12H21N3O4. The quantitative estimate of drug-likeness (QED) is 0.639. The number of nitrogens with zero attached hydrogens (tertiary/aromatic N) is 3.